The SMILES string of the molecule is O.O.O.O=C(O)c1ccccc1O.[Zn]. The standard InChI is InChI=1S/C7H6O3.3H2O.Zn/c8-6-4-2-1-3-5(6)7(9)10;;;;/h1-4,8H,(H,9,10);3*1H2;. The quantitative estimate of drug-likeness (QED) is 0.596. The Kier molecular flexibility index (Phi) is 16.6. The van der Waals surface area contributed by atoms with Crippen LogP contribution in [-0.2, 0) is 19.5 Å². The van der Waals surface area contributed by atoms with Gasteiger partial charge in [0.25, 0.3) is 0 Å². The number of benzene rings is 1. The Balaban J connectivity index is -0.000000125. The molecule has 0 radical (unpaired) electrons. The van der Waals surface area contributed by atoms with E-state index in [1.54, 1.807) is 12.1 Å². The zero-order valence-electron chi connectivity index (χ0n) is 7.32. The molecule has 0 unspecified atom stereocenters. The summed E-state index contributed by atoms with van der Waals surface area (Å²) in [5, 5.41) is 17.3. The van der Waals surface area contributed by atoms with E-state index in [0.29, 0.717) is 0 Å². The fourth-order valence-corrected chi connectivity index (χ4v) is 0.654. The number of aromatic carboxylic acids is 1. The molecule has 78 valence electrons. The summed E-state index contributed by atoms with van der Waals surface area (Å²) in [7, 11) is 0. The number of aromatic hydroxyl groups is 1. The summed E-state index contributed by atoms with van der Waals surface area (Å²) in [6.45, 7) is 0. The molecular weight excluding hydrogens is 245 g/mol. The van der Waals surface area contributed by atoms with Crippen LogP contribution in [0.1, 0.15) is 10.4 Å². The Hall–Kier alpha value is -1.01. The van der Waals surface area contributed by atoms with E-state index < -0.39 is 5.97 Å². The summed E-state index contributed by atoms with van der Waals surface area (Å²) in [6, 6.07) is 5.81. The summed E-state index contributed by atoms with van der Waals surface area (Å²) in [5.74, 6) is -1.31. The van der Waals surface area contributed by atoms with Gasteiger partial charge in [0.1, 0.15) is 11.3 Å². The molecule has 0 fully saturated rings. The molecule has 0 saturated carbocycles. The van der Waals surface area contributed by atoms with Gasteiger partial charge in [-0.2, -0.15) is 0 Å². The second-order valence-electron chi connectivity index (χ2n) is 1.82. The molecule has 0 aliphatic rings. The third-order valence-electron chi connectivity index (χ3n) is 1.13. The number of hydrogen-bond acceptors (Lipinski definition) is 2. The molecule has 0 atom stereocenters. The Bertz CT molecular complexity index is 264. The fraction of sp³-hybridized carbons (Fsp3) is 0. The molecular formula is C7H12O6Zn. The van der Waals surface area contributed by atoms with Crippen molar-refractivity contribution in [1.82, 2.24) is 0 Å². The van der Waals surface area contributed by atoms with E-state index in [-0.39, 0.29) is 47.2 Å². The molecule has 1 aromatic rings. The van der Waals surface area contributed by atoms with Crippen LogP contribution in [0, 0.1) is 0 Å². The molecule has 14 heavy (non-hydrogen) atoms. The largest absolute Gasteiger partial charge is 0.507 e. The van der Waals surface area contributed by atoms with Gasteiger partial charge in [-0.25, -0.2) is 4.79 Å². The first-order valence-electron chi connectivity index (χ1n) is 2.73. The van der Waals surface area contributed by atoms with Crippen LogP contribution in [-0.4, -0.2) is 32.6 Å². The van der Waals surface area contributed by atoms with Crippen LogP contribution in [0.25, 0.3) is 0 Å². The van der Waals surface area contributed by atoms with Gasteiger partial charge in [-0.05, 0) is 12.1 Å². The van der Waals surface area contributed by atoms with E-state index in [1.165, 1.54) is 12.1 Å². The predicted octanol–water partition coefficient (Wildman–Crippen LogP) is -1.39. The molecule has 1 aromatic carbocycles. The minimum absolute atomic E-state index is 0. The Morgan fingerprint density at radius 1 is 1.07 bits per heavy atom. The smallest absolute Gasteiger partial charge is 0.339 e. The van der Waals surface area contributed by atoms with Gasteiger partial charge in [-0.1, -0.05) is 12.1 Å². The summed E-state index contributed by atoms with van der Waals surface area (Å²) >= 11 is 0. The van der Waals surface area contributed by atoms with Crippen LogP contribution < -0.4 is 0 Å². The summed E-state index contributed by atoms with van der Waals surface area (Å²) in [5.41, 5.74) is -0.0671. The Labute approximate surface area is 92.9 Å². The fourth-order valence-electron chi connectivity index (χ4n) is 0.654. The zero-order chi connectivity index (χ0) is 7.56. The van der Waals surface area contributed by atoms with E-state index in [9.17, 15) is 4.79 Å². The molecule has 0 aliphatic carbocycles. The van der Waals surface area contributed by atoms with Crippen molar-refractivity contribution < 1.29 is 50.9 Å². The molecule has 6 nitrogen and oxygen atoms in total. The van der Waals surface area contributed by atoms with Crippen LogP contribution in [0.15, 0.2) is 24.3 Å². The molecule has 0 bridgehead atoms. The first-order valence-corrected chi connectivity index (χ1v) is 2.73. The van der Waals surface area contributed by atoms with Crippen molar-refractivity contribution in [2.75, 3.05) is 0 Å². The number of para-hydroxylation sites is 1. The predicted molar refractivity (Wildman–Crippen MR) is 45.9 cm³/mol. The van der Waals surface area contributed by atoms with Gasteiger partial charge < -0.3 is 26.6 Å². The monoisotopic (exact) mass is 256 g/mol. The third-order valence-corrected chi connectivity index (χ3v) is 1.13. The van der Waals surface area contributed by atoms with E-state index in [4.69, 9.17) is 10.2 Å². The van der Waals surface area contributed by atoms with Crippen molar-refractivity contribution in [3.63, 3.8) is 0 Å². The molecule has 0 saturated heterocycles. The normalized spacial score (nSPS) is 6.57. The topological polar surface area (TPSA) is 152 Å². The summed E-state index contributed by atoms with van der Waals surface area (Å²) in [6.07, 6.45) is 0. The Morgan fingerprint density at radius 3 is 1.79 bits per heavy atom. The van der Waals surface area contributed by atoms with Gasteiger partial charge in [0.05, 0.1) is 0 Å². The summed E-state index contributed by atoms with van der Waals surface area (Å²) in [4.78, 5) is 10.3. The van der Waals surface area contributed by atoms with Crippen molar-refractivity contribution >= 4 is 5.97 Å². The number of carboxylic acid groups (broad SMARTS) is 1. The molecule has 0 spiro atoms. The van der Waals surface area contributed by atoms with Gasteiger partial charge in [0.2, 0.25) is 0 Å². The minimum atomic E-state index is -1.11. The first kappa shape index (κ1) is 23.1. The van der Waals surface area contributed by atoms with Gasteiger partial charge in [0.15, 0.2) is 0 Å². The van der Waals surface area contributed by atoms with E-state index in [2.05, 4.69) is 0 Å². The van der Waals surface area contributed by atoms with Crippen molar-refractivity contribution in [3.05, 3.63) is 29.8 Å². The maximum Gasteiger partial charge on any atom is 0.339 e. The average Bonchev–Trinajstić information content (AvgIpc) is 1.88. The third kappa shape index (κ3) is 5.61. The van der Waals surface area contributed by atoms with E-state index >= 15 is 0 Å². The maximum atomic E-state index is 10.3. The molecule has 0 heterocycles. The minimum Gasteiger partial charge on any atom is -0.507 e. The zero-order valence-corrected chi connectivity index (χ0v) is 10.3. The maximum absolute atomic E-state index is 10.3. The molecule has 0 aliphatic heterocycles. The average molecular weight is 258 g/mol. The number of phenols is 1. The second kappa shape index (κ2) is 10.1. The summed E-state index contributed by atoms with van der Waals surface area (Å²) < 4.78 is 0. The molecule has 7 heteroatoms. The van der Waals surface area contributed by atoms with Gasteiger partial charge in [-0.3, -0.25) is 0 Å². The number of carboxylic acids is 1. The van der Waals surface area contributed by atoms with Crippen LogP contribution in [0.3, 0.4) is 0 Å². The van der Waals surface area contributed by atoms with Crippen LogP contribution in [0.5, 0.6) is 5.75 Å². The van der Waals surface area contributed by atoms with Crippen LogP contribution in [0.4, 0.5) is 0 Å². The van der Waals surface area contributed by atoms with Crippen molar-refractivity contribution in [2.45, 2.75) is 0 Å². The van der Waals surface area contributed by atoms with Crippen molar-refractivity contribution in [3.8, 4) is 5.75 Å². The van der Waals surface area contributed by atoms with E-state index in [1.807, 2.05) is 0 Å². The number of hydrogen-bond donors (Lipinski definition) is 2. The number of carbonyl (C=O) groups is 1. The molecule has 8 N–H and O–H groups in total. The van der Waals surface area contributed by atoms with Gasteiger partial charge >= 0.3 is 5.97 Å². The molecule has 1 rings (SSSR count). The Morgan fingerprint density at radius 2 is 1.50 bits per heavy atom. The molecule has 0 aromatic heterocycles. The van der Waals surface area contributed by atoms with Gasteiger partial charge in [0, 0.05) is 19.5 Å². The number of rotatable bonds is 1. The van der Waals surface area contributed by atoms with Crippen LogP contribution in [0.2, 0.25) is 0 Å². The van der Waals surface area contributed by atoms with Crippen molar-refractivity contribution in [2.24, 2.45) is 0 Å². The molecule has 0 amide bonds. The van der Waals surface area contributed by atoms with Crippen molar-refractivity contribution in [1.29, 1.82) is 0 Å². The van der Waals surface area contributed by atoms with Gasteiger partial charge in [-0.15, -0.1) is 0 Å². The van der Waals surface area contributed by atoms with E-state index in [0.717, 1.165) is 0 Å². The van der Waals surface area contributed by atoms with Crippen LogP contribution >= 0.6 is 0 Å². The first-order chi connectivity index (χ1) is 4.72. The second-order valence-corrected chi connectivity index (χ2v) is 1.82.